The van der Waals surface area contributed by atoms with Crippen molar-refractivity contribution in [2.45, 2.75) is 0 Å². The van der Waals surface area contributed by atoms with Gasteiger partial charge in [-0.3, -0.25) is 0 Å². The van der Waals surface area contributed by atoms with Gasteiger partial charge in [-0.15, -0.1) is 0 Å². The van der Waals surface area contributed by atoms with Crippen LogP contribution in [0.1, 0.15) is 0 Å². The molecule has 0 N–H and O–H groups in total. The van der Waals surface area contributed by atoms with Crippen molar-refractivity contribution in [1.29, 1.82) is 0 Å². The van der Waals surface area contributed by atoms with Crippen molar-refractivity contribution in [1.82, 2.24) is 4.57 Å². The van der Waals surface area contributed by atoms with Crippen molar-refractivity contribution >= 4 is 49.6 Å². The van der Waals surface area contributed by atoms with Gasteiger partial charge in [-0.2, -0.15) is 0 Å². The van der Waals surface area contributed by atoms with E-state index in [1.54, 1.807) is 0 Å². The molecule has 0 radical (unpaired) electrons. The smallest absolute Gasteiger partial charge is 0.0547 e. The van der Waals surface area contributed by atoms with E-state index in [4.69, 9.17) is 0 Å². The minimum Gasteiger partial charge on any atom is -0.310 e. The summed E-state index contributed by atoms with van der Waals surface area (Å²) >= 11 is 0. The highest BCUT2D eigenvalue weighted by Crippen LogP contribution is 2.49. The van der Waals surface area contributed by atoms with E-state index in [9.17, 15) is 0 Å². The number of rotatable bonds is 9. The number of nitrogens with zero attached hydrogens (tertiary/aromatic N) is 2. The van der Waals surface area contributed by atoms with Gasteiger partial charge in [0.2, 0.25) is 0 Å². The van der Waals surface area contributed by atoms with Crippen molar-refractivity contribution < 1.29 is 0 Å². The first-order chi connectivity index (χ1) is 32.8. The van der Waals surface area contributed by atoms with Gasteiger partial charge in [0.05, 0.1) is 16.7 Å². The van der Waals surface area contributed by atoms with E-state index < -0.39 is 0 Å². The minimum atomic E-state index is 1.07. The molecule has 0 saturated heterocycles. The van der Waals surface area contributed by atoms with Crippen molar-refractivity contribution in [2.24, 2.45) is 0 Å². The predicted octanol–water partition coefficient (Wildman–Crippen LogP) is 17.7. The molecule has 1 heterocycles. The van der Waals surface area contributed by atoms with Crippen molar-refractivity contribution in [3.8, 4) is 61.3 Å². The molecule has 11 aromatic carbocycles. The lowest BCUT2D eigenvalue weighted by atomic mass is 9.87. The first-order valence-electron chi connectivity index (χ1n) is 22.7. The monoisotopic (exact) mass is 840 g/mol. The van der Waals surface area contributed by atoms with Gasteiger partial charge in [0.25, 0.3) is 0 Å². The molecule has 0 amide bonds. The summed E-state index contributed by atoms with van der Waals surface area (Å²) in [5, 5.41) is 4.97. The van der Waals surface area contributed by atoms with E-state index in [-0.39, 0.29) is 0 Å². The Bertz CT molecular complexity index is 3680. The molecule has 0 aliphatic heterocycles. The molecule has 2 heteroatoms. The number of anilines is 3. The topological polar surface area (TPSA) is 8.17 Å². The summed E-state index contributed by atoms with van der Waals surface area (Å²) < 4.78 is 2.40. The fourth-order valence-electron chi connectivity index (χ4n) is 9.96. The summed E-state index contributed by atoms with van der Waals surface area (Å²) in [5.74, 6) is 0. The fraction of sp³-hybridized carbons (Fsp3) is 0. The first-order valence-corrected chi connectivity index (χ1v) is 22.7. The molecular formula is C64H44N2. The second-order valence-corrected chi connectivity index (χ2v) is 16.9. The van der Waals surface area contributed by atoms with Crippen LogP contribution in [-0.4, -0.2) is 4.57 Å². The Labute approximate surface area is 385 Å². The fourth-order valence-corrected chi connectivity index (χ4v) is 9.96. The van der Waals surface area contributed by atoms with E-state index in [2.05, 4.69) is 276 Å². The Hall–Kier alpha value is -8.72. The summed E-state index contributed by atoms with van der Waals surface area (Å²) in [6.45, 7) is 0. The average molecular weight is 841 g/mol. The normalized spacial score (nSPS) is 11.3. The third-order valence-electron chi connectivity index (χ3n) is 13.0. The molecule has 0 spiro atoms. The van der Waals surface area contributed by atoms with E-state index in [0.29, 0.717) is 0 Å². The number of para-hydroxylation sites is 2. The van der Waals surface area contributed by atoms with E-state index in [0.717, 1.165) is 33.9 Å². The number of fused-ring (bicyclic) bond motifs is 4. The lowest BCUT2D eigenvalue weighted by Crippen LogP contribution is -2.12. The third kappa shape index (κ3) is 6.93. The van der Waals surface area contributed by atoms with Gasteiger partial charge in [0.1, 0.15) is 0 Å². The molecule has 0 saturated carbocycles. The Balaban J connectivity index is 1.08. The van der Waals surface area contributed by atoms with Gasteiger partial charge in [0, 0.05) is 33.4 Å². The molecular weight excluding hydrogens is 797 g/mol. The van der Waals surface area contributed by atoms with Crippen LogP contribution in [0.2, 0.25) is 0 Å². The quantitative estimate of drug-likeness (QED) is 0.141. The average Bonchev–Trinajstić information content (AvgIpc) is 3.73. The summed E-state index contributed by atoms with van der Waals surface area (Å²) in [6.07, 6.45) is 0. The Morgan fingerprint density at radius 2 is 0.788 bits per heavy atom. The predicted molar refractivity (Wildman–Crippen MR) is 280 cm³/mol. The van der Waals surface area contributed by atoms with Gasteiger partial charge in [-0.25, -0.2) is 0 Å². The minimum absolute atomic E-state index is 1.07. The van der Waals surface area contributed by atoms with Crippen molar-refractivity contribution in [2.75, 3.05) is 4.90 Å². The highest BCUT2D eigenvalue weighted by atomic mass is 15.1. The van der Waals surface area contributed by atoms with Gasteiger partial charge in [-0.05, 0) is 115 Å². The van der Waals surface area contributed by atoms with Crippen LogP contribution >= 0.6 is 0 Å². The molecule has 0 atom stereocenters. The summed E-state index contributed by atoms with van der Waals surface area (Å²) in [4.78, 5) is 2.46. The molecule has 0 aliphatic rings. The molecule has 0 aliphatic carbocycles. The third-order valence-corrected chi connectivity index (χ3v) is 13.0. The van der Waals surface area contributed by atoms with E-state index in [1.165, 1.54) is 77.1 Å². The summed E-state index contributed by atoms with van der Waals surface area (Å²) in [5.41, 5.74) is 18.5. The zero-order valence-corrected chi connectivity index (χ0v) is 36.3. The maximum Gasteiger partial charge on any atom is 0.0547 e. The summed E-state index contributed by atoms with van der Waals surface area (Å²) in [6, 6.07) is 97.0. The van der Waals surface area contributed by atoms with E-state index >= 15 is 0 Å². The SMILES string of the molecule is c1ccc(-c2ccccc2-c2c(-c3ccccc3)cccc2N(c2ccc(-c3cccc4ccccc34)cc2)c2cccc(-c3ccc4c5ccccc5n(-c5ccccc5)c4c3)c2)cc1. The molecule has 2 nitrogen and oxygen atoms in total. The maximum atomic E-state index is 2.46. The maximum absolute atomic E-state index is 2.46. The molecule has 66 heavy (non-hydrogen) atoms. The Morgan fingerprint density at radius 1 is 0.273 bits per heavy atom. The molecule has 310 valence electrons. The van der Waals surface area contributed by atoms with Gasteiger partial charge < -0.3 is 9.47 Å². The highest BCUT2D eigenvalue weighted by molar-refractivity contribution is 6.10. The van der Waals surface area contributed by atoms with Crippen molar-refractivity contribution in [3.63, 3.8) is 0 Å². The second-order valence-electron chi connectivity index (χ2n) is 16.9. The lowest BCUT2D eigenvalue weighted by Gasteiger charge is -2.30. The molecule has 0 unspecified atom stereocenters. The van der Waals surface area contributed by atoms with E-state index in [1.807, 2.05) is 0 Å². The highest BCUT2D eigenvalue weighted by Gasteiger charge is 2.23. The second kappa shape index (κ2) is 16.8. The van der Waals surface area contributed by atoms with Crippen LogP contribution < -0.4 is 4.90 Å². The number of hydrogen-bond donors (Lipinski definition) is 0. The standard InChI is InChI=1S/C64H44N2/c1-4-19-45(20-5-1)56-30-12-13-32-60(56)64-57(47-21-6-2-7-22-47)34-18-36-62(64)65(52-40-37-48(38-41-52)55-33-17-24-46-23-10-11-29-54(46)55)53-28-16-25-49(43-53)50-39-42-59-58-31-14-15-35-61(58)66(63(59)44-50)51-26-8-3-9-27-51/h1-44H. The van der Waals surface area contributed by atoms with Gasteiger partial charge in [-0.1, -0.05) is 212 Å². The molecule has 1 aromatic heterocycles. The van der Waals surface area contributed by atoms with Crippen LogP contribution in [0.4, 0.5) is 17.1 Å². The zero-order chi connectivity index (χ0) is 43.8. The molecule has 12 rings (SSSR count). The summed E-state index contributed by atoms with van der Waals surface area (Å²) in [7, 11) is 0. The van der Waals surface area contributed by atoms with Crippen LogP contribution in [0.3, 0.4) is 0 Å². The number of benzene rings is 11. The van der Waals surface area contributed by atoms with Crippen LogP contribution in [0, 0.1) is 0 Å². The van der Waals surface area contributed by atoms with Crippen LogP contribution in [0.5, 0.6) is 0 Å². The first kappa shape index (κ1) is 38.9. The zero-order valence-electron chi connectivity index (χ0n) is 36.3. The number of aromatic nitrogens is 1. The Morgan fingerprint density at radius 3 is 1.58 bits per heavy atom. The van der Waals surface area contributed by atoms with Crippen LogP contribution in [0.25, 0.3) is 93.9 Å². The molecule has 0 bridgehead atoms. The van der Waals surface area contributed by atoms with Crippen LogP contribution in [0.15, 0.2) is 267 Å². The van der Waals surface area contributed by atoms with Crippen molar-refractivity contribution in [3.05, 3.63) is 267 Å². The van der Waals surface area contributed by atoms with Gasteiger partial charge >= 0.3 is 0 Å². The molecule has 0 fully saturated rings. The largest absolute Gasteiger partial charge is 0.310 e. The number of hydrogen-bond acceptors (Lipinski definition) is 1. The Kier molecular flexibility index (Phi) is 9.89. The van der Waals surface area contributed by atoms with Gasteiger partial charge in [0.15, 0.2) is 0 Å². The van der Waals surface area contributed by atoms with Crippen LogP contribution in [-0.2, 0) is 0 Å². The lowest BCUT2D eigenvalue weighted by molar-refractivity contribution is 1.18. The molecule has 12 aromatic rings.